The van der Waals surface area contributed by atoms with Crippen LogP contribution in [0.3, 0.4) is 0 Å². The van der Waals surface area contributed by atoms with Crippen molar-refractivity contribution in [2.45, 2.75) is 26.2 Å². The summed E-state index contributed by atoms with van der Waals surface area (Å²) in [5.74, 6) is 1.24. The number of benzene rings is 2. The number of nitrogens with one attached hydrogen (secondary N) is 1. The van der Waals surface area contributed by atoms with E-state index in [9.17, 15) is 9.59 Å². The molecule has 3 heterocycles. The van der Waals surface area contributed by atoms with Crippen molar-refractivity contribution in [3.63, 3.8) is 0 Å². The largest absolute Gasteiger partial charge is 0.488 e. The molecule has 0 fully saturated rings. The molecule has 0 spiro atoms. The zero-order valence-electron chi connectivity index (χ0n) is 16.7. The second kappa shape index (κ2) is 7.96. The number of hydrogen-bond donors (Lipinski definition) is 1. The Labute approximate surface area is 182 Å². The zero-order valence-corrected chi connectivity index (χ0v) is 17.5. The highest BCUT2D eigenvalue weighted by Crippen LogP contribution is 2.42. The van der Waals surface area contributed by atoms with E-state index < -0.39 is 12.1 Å². The van der Waals surface area contributed by atoms with Gasteiger partial charge in [-0.15, -0.1) is 11.3 Å². The molecule has 1 amide bonds. The molecule has 7 nitrogen and oxygen atoms in total. The first-order valence-electron chi connectivity index (χ1n) is 9.80. The maximum atomic E-state index is 12.6. The molecule has 0 saturated carbocycles. The van der Waals surface area contributed by atoms with Crippen LogP contribution in [0, 0.1) is 0 Å². The van der Waals surface area contributed by atoms with E-state index in [0.29, 0.717) is 29.5 Å². The lowest BCUT2D eigenvalue weighted by atomic mass is 10.1. The SMILES string of the molecule is CC(OC(=O)c1cc2c(s1)-c1ccccc1OC2)C(=O)NCc1ccc2c(c1)OCO2. The Hall–Kier alpha value is -3.52. The molecule has 1 atom stereocenters. The van der Waals surface area contributed by atoms with E-state index in [4.69, 9.17) is 18.9 Å². The highest BCUT2D eigenvalue weighted by Gasteiger charge is 2.25. The van der Waals surface area contributed by atoms with Gasteiger partial charge in [-0.1, -0.05) is 18.2 Å². The van der Waals surface area contributed by atoms with Crippen LogP contribution in [0.15, 0.2) is 48.5 Å². The van der Waals surface area contributed by atoms with E-state index in [1.165, 1.54) is 11.3 Å². The second-order valence-electron chi connectivity index (χ2n) is 7.20. The molecular formula is C23H19NO6S. The predicted molar refractivity (Wildman–Crippen MR) is 113 cm³/mol. The molecule has 1 N–H and O–H groups in total. The van der Waals surface area contributed by atoms with Crippen molar-refractivity contribution in [2.24, 2.45) is 0 Å². The van der Waals surface area contributed by atoms with E-state index in [2.05, 4.69) is 5.32 Å². The van der Waals surface area contributed by atoms with E-state index in [0.717, 1.165) is 27.3 Å². The summed E-state index contributed by atoms with van der Waals surface area (Å²) >= 11 is 1.35. The van der Waals surface area contributed by atoms with E-state index in [1.807, 2.05) is 36.4 Å². The number of hydrogen-bond acceptors (Lipinski definition) is 7. The maximum absolute atomic E-state index is 12.6. The quantitative estimate of drug-likeness (QED) is 0.610. The zero-order chi connectivity index (χ0) is 21.4. The minimum Gasteiger partial charge on any atom is -0.488 e. The van der Waals surface area contributed by atoms with E-state index >= 15 is 0 Å². The van der Waals surface area contributed by atoms with Crippen LogP contribution in [0.4, 0.5) is 0 Å². The molecule has 3 aromatic rings. The highest BCUT2D eigenvalue weighted by molar-refractivity contribution is 7.17. The number of fused-ring (bicyclic) bond motifs is 4. The Kier molecular flexibility index (Phi) is 4.99. The lowest BCUT2D eigenvalue weighted by molar-refractivity contribution is -0.129. The van der Waals surface area contributed by atoms with Crippen molar-refractivity contribution in [3.8, 4) is 27.7 Å². The average molecular weight is 437 g/mol. The highest BCUT2D eigenvalue weighted by atomic mass is 32.1. The fourth-order valence-corrected chi connectivity index (χ4v) is 4.54. The van der Waals surface area contributed by atoms with Crippen LogP contribution in [0.5, 0.6) is 17.2 Å². The van der Waals surface area contributed by atoms with Crippen LogP contribution in [-0.2, 0) is 22.7 Å². The first kappa shape index (κ1) is 19.4. The van der Waals surface area contributed by atoms with Gasteiger partial charge < -0.3 is 24.3 Å². The number of ether oxygens (including phenoxy) is 4. The molecule has 2 aromatic carbocycles. The molecule has 0 bridgehead atoms. The first-order valence-corrected chi connectivity index (χ1v) is 10.6. The summed E-state index contributed by atoms with van der Waals surface area (Å²) in [5, 5.41) is 2.78. The van der Waals surface area contributed by atoms with Crippen LogP contribution < -0.4 is 19.5 Å². The summed E-state index contributed by atoms with van der Waals surface area (Å²) in [5.41, 5.74) is 2.76. The van der Waals surface area contributed by atoms with Crippen molar-refractivity contribution in [1.29, 1.82) is 0 Å². The Morgan fingerprint density at radius 3 is 2.81 bits per heavy atom. The predicted octanol–water partition coefficient (Wildman–Crippen LogP) is 3.90. The number of para-hydroxylation sites is 1. The molecular weight excluding hydrogens is 418 g/mol. The minimum absolute atomic E-state index is 0.196. The third kappa shape index (κ3) is 3.82. The Morgan fingerprint density at radius 2 is 1.90 bits per heavy atom. The normalized spacial score (nSPS) is 14.1. The van der Waals surface area contributed by atoms with Crippen molar-refractivity contribution in [3.05, 3.63) is 64.5 Å². The molecule has 0 saturated heterocycles. The molecule has 2 aliphatic heterocycles. The molecule has 8 heteroatoms. The molecule has 1 unspecified atom stereocenters. The monoisotopic (exact) mass is 437 g/mol. The van der Waals surface area contributed by atoms with Crippen molar-refractivity contribution >= 4 is 23.2 Å². The van der Waals surface area contributed by atoms with Gasteiger partial charge in [0.25, 0.3) is 5.91 Å². The Balaban J connectivity index is 1.21. The number of esters is 1. The van der Waals surface area contributed by atoms with Crippen molar-refractivity contribution < 1.29 is 28.5 Å². The summed E-state index contributed by atoms with van der Waals surface area (Å²) in [7, 11) is 0. The summed E-state index contributed by atoms with van der Waals surface area (Å²) in [4.78, 5) is 26.5. The molecule has 1 aromatic heterocycles. The summed E-state index contributed by atoms with van der Waals surface area (Å²) in [6.07, 6.45) is -0.927. The van der Waals surface area contributed by atoms with Gasteiger partial charge in [-0.25, -0.2) is 4.79 Å². The number of amides is 1. The fourth-order valence-electron chi connectivity index (χ4n) is 3.46. The average Bonchev–Trinajstić information content (AvgIpc) is 3.44. The smallest absolute Gasteiger partial charge is 0.349 e. The lowest BCUT2D eigenvalue weighted by Gasteiger charge is -2.16. The topological polar surface area (TPSA) is 83.1 Å². The van der Waals surface area contributed by atoms with Crippen LogP contribution in [0.25, 0.3) is 10.4 Å². The number of rotatable bonds is 5. The number of carbonyl (C=O) groups excluding carboxylic acids is 2. The lowest BCUT2D eigenvalue weighted by Crippen LogP contribution is -2.35. The maximum Gasteiger partial charge on any atom is 0.349 e. The van der Waals surface area contributed by atoms with Gasteiger partial charge in [0.1, 0.15) is 17.2 Å². The molecule has 5 rings (SSSR count). The van der Waals surface area contributed by atoms with Crippen LogP contribution >= 0.6 is 11.3 Å². The van der Waals surface area contributed by atoms with E-state index in [-0.39, 0.29) is 12.7 Å². The molecule has 0 radical (unpaired) electrons. The molecule has 2 aliphatic rings. The Morgan fingerprint density at radius 1 is 1.06 bits per heavy atom. The van der Waals surface area contributed by atoms with Gasteiger partial charge in [0.2, 0.25) is 6.79 Å². The minimum atomic E-state index is -0.927. The third-order valence-electron chi connectivity index (χ3n) is 5.08. The third-order valence-corrected chi connectivity index (χ3v) is 6.27. The standard InChI is InChI=1S/C23H19NO6S/c1-13(22(25)24-10-14-6-7-18-19(8-14)29-12-28-18)30-23(26)20-9-15-11-27-17-5-3-2-4-16(17)21(15)31-20/h2-9,13H,10-12H2,1H3,(H,24,25). The van der Waals surface area contributed by atoms with Gasteiger partial charge in [0.15, 0.2) is 17.6 Å². The van der Waals surface area contributed by atoms with E-state index in [1.54, 1.807) is 19.1 Å². The summed E-state index contributed by atoms with van der Waals surface area (Å²) < 4.78 is 21.8. The Bertz CT molecular complexity index is 1170. The van der Waals surface area contributed by atoms with Crippen molar-refractivity contribution in [2.75, 3.05) is 6.79 Å². The van der Waals surface area contributed by atoms with Crippen LogP contribution in [0.2, 0.25) is 0 Å². The number of thiophene rings is 1. The molecule has 158 valence electrons. The number of carbonyl (C=O) groups is 2. The van der Waals surface area contributed by atoms with Gasteiger partial charge in [-0.05, 0) is 42.8 Å². The van der Waals surface area contributed by atoms with Gasteiger partial charge in [-0.3, -0.25) is 4.79 Å². The van der Waals surface area contributed by atoms with Crippen LogP contribution in [0.1, 0.15) is 27.7 Å². The fraction of sp³-hybridized carbons (Fsp3) is 0.217. The van der Waals surface area contributed by atoms with Gasteiger partial charge >= 0.3 is 5.97 Å². The van der Waals surface area contributed by atoms with Gasteiger partial charge in [-0.2, -0.15) is 0 Å². The first-order chi connectivity index (χ1) is 15.1. The summed E-state index contributed by atoms with van der Waals surface area (Å²) in [6, 6.07) is 14.9. The van der Waals surface area contributed by atoms with Gasteiger partial charge in [0.05, 0.1) is 0 Å². The molecule has 0 aliphatic carbocycles. The van der Waals surface area contributed by atoms with Gasteiger partial charge in [0, 0.05) is 22.5 Å². The second-order valence-corrected chi connectivity index (χ2v) is 8.26. The van der Waals surface area contributed by atoms with Crippen LogP contribution in [-0.4, -0.2) is 24.8 Å². The van der Waals surface area contributed by atoms with Crippen molar-refractivity contribution in [1.82, 2.24) is 5.32 Å². The molecule has 31 heavy (non-hydrogen) atoms. The summed E-state index contributed by atoms with van der Waals surface area (Å²) in [6.45, 7) is 2.45.